The summed E-state index contributed by atoms with van der Waals surface area (Å²) in [5.74, 6) is -3.21. The molecule has 48 heavy (non-hydrogen) atoms. The molecule has 4 aliphatic carbocycles. The molecule has 12 heteroatoms. The molecule has 2 saturated carbocycles. The smallest absolute Gasteiger partial charge is 0.229 e. The van der Waals surface area contributed by atoms with Crippen LogP contribution in [0.2, 0.25) is 0 Å². The summed E-state index contributed by atoms with van der Waals surface area (Å²) in [6, 6.07) is 0. The van der Waals surface area contributed by atoms with Crippen LogP contribution in [-0.2, 0) is 23.9 Å². The lowest BCUT2D eigenvalue weighted by Crippen LogP contribution is -2.64. The fourth-order valence-electron chi connectivity index (χ4n) is 10.2. The maximum absolute atomic E-state index is 14.7. The Labute approximate surface area is 281 Å². The molecule has 5 rings (SSSR count). The summed E-state index contributed by atoms with van der Waals surface area (Å²) in [6.45, 7) is 13.1. The molecule has 13 atom stereocenters. The van der Waals surface area contributed by atoms with E-state index in [9.17, 15) is 50.1 Å². The van der Waals surface area contributed by atoms with Crippen molar-refractivity contribution in [3.63, 3.8) is 0 Å². The average molecular weight is 679 g/mol. The van der Waals surface area contributed by atoms with E-state index in [0.29, 0.717) is 6.42 Å². The summed E-state index contributed by atoms with van der Waals surface area (Å²) in [6.07, 6.45) is -4.80. The highest BCUT2D eigenvalue weighted by Gasteiger charge is 2.74. The highest BCUT2D eigenvalue weighted by molar-refractivity contribution is 6.02. The van der Waals surface area contributed by atoms with E-state index in [1.165, 1.54) is 6.92 Å². The number of hydrogen-bond acceptors (Lipinski definition) is 12. The lowest BCUT2D eigenvalue weighted by atomic mass is 9.39. The van der Waals surface area contributed by atoms with Gasteiger partial charge in [0, 0.05) is 30.1 Å². The normalized spacial score (nSPS) is 45.3. The van der Waals surface area contributed by atoms with E-state index in [-0.39, 0.29) is 43.1 Å². The number of ketones is 3. The van der Waals surface area contributed by atoms with Crippen LogP contribution in [0.1, 0.15) is 87.5 Å². The minimum atomic E-state index is -1.97. The van der Waals surface area contributed by atoms with Crippen molar-refractivity contribution in [1.29, 1.82) is 0 Å². The largest absolute Gasteiger partial charge is 0.459 e. The number of aliphatic hydroxyl groups excluding tert-OH is 5. The Hall–Kier alpha value is -2.03. The Morgan fingerprint density at radius 1 is 0.979 bits per heavy atom. The molecule has 5 aliphatic rings. The Morgan fingerprint density at radius 3 is 2.19 bits per heavy atom. The van der Waals surface area contributed by atoms with Gasteiger partial charge in [-0.15, -0.1) is 0 Å². The summed E-state index contributed by atoms with van der Waals surface area (Å²) in [7, 11) is 0. The SMILES string of the molecule is CC(C)(O)CCC(=O)[C@](C)(O)[C@H]1[C@H](O)C[C@@]2(C)[C@@H]3CC=C4[C@H](C=C(O[C@@H]5O[C@H](CO)[C@@H](O)[C@H](O)[C@H]5O)C(=O)C4(C)C)[C@]3(C)C(=O)C[C@]12C. The van der Waals surface area contributed by atoms with Gasteiger partial charge in [0.05, 0.1) is 23.7 Å². The van der Waals surface area contributed by atoms with Crippen LogP contribution in [0.25, 0.3) is 0 Å². The molecule has 270 valence electrons. The van der Waals surface area contributed by atoms with E-state index in [1.54, 1.807) is 33.8 Å². The van der Waals surface area contributed by atoms with Crippen molar-refractivity contribution in [3.8, 4) is 0 Å². The average Bonchev–Trinajstić information content (AvgIpc) is 3.19. The van der Waals surface area contributed by atoms with E-state index >= 15 is 0 Å². The third kappa shape index (κ3) is 5.28. The Bertz CT molecular complexity index is 1410. The van der Waals surface area contributed by atoms with Crippen molar-refractivity contribution >= 4 is 17.3 Å². The molecule has 0 aromatic carbocycles. The summed E-state index contributed by atoms with van der Waals surface area (Å²) >= 11 is 0. The number of allylic oxidation sites excluding steroid dienone is 4. The molecule has 12 nitrogen and oxygen atoms in total. The zero-order valence-corrected chi connectivity index (χ0v) is 29.3. The van der Waals surface area contributed by atoms with Crippen molar-refractivity contribution < 1.29 is 59.6 Å². The van der Waals surface area contributed by atoms with Crippen molar-refractivity contribution in [3.05, 3.63) is 23.5 Å². The first-order chi connectivity index (χ1) is 21.9. The van der Waals surface area contributed by atoms with E-state index in [0.717, 1.165) is 5.57 Å². The van der Waals surface area contributed by atoms with Gasteiger partial charge in [0.2, 0.25) is 12.1 Å². The number of fused-ring (bicyclic) bond motifs is 5. The fourth-order valence-corrected chi connectivity index (χ4v) is 10.2. The monoisotopic (exact) mass is 678 g/mol. The highest BCUT2D eigenvalue weighted by atomic mass is 16.7. The third-order valence-electron chi connectivity index (χ3n) is 13.2. The molecule has 0 radical (unpaired) electrons. The minimum absolute atomic E-state index is 0.0396. The molecule has 0 unspecified atom stereocenters. The first-order valence-corrected chi connectivity index (χ1v) is 17.0. The van der Waals surface area contributed by atoms with Crippen LogP contribution >= 0.6 is 0 Å². The van der Waals surface area contributed by atoms with Crippen molar-refractivity contribution in [2.75, 3.05) is 6.61 Å². The quantitative estimate of drug-likeness (QED) is 0.180. The number of carbonyl (C=O) groups is 3. The first-order valence-electron chi connectivity index (χ1n) is 17.0. The molecular formula is C36H54O12. The van der Waals surface area contributed by atoms with E-state index in [1.807, 2.05) is 26.8 Å². The Kier molecular flexibility index (Phi) is 9.12. The molecule has 3 fully saturated rings. The van der Waals surface area contributed by atoms with Crippen molar-refractivity contribution in [2.45, 2.75) is 136 Å². The summed E-state index contributed by atoms with van der Waals surface area (Å²) in [5.41, 5.74) is -6.30. The molecule has 1 aliphatic heterocycles. The second-order valence-electron chi connectivity index (χ2n) is 17.1. The lowest BCUT2D eigenvalue weighted by Gasteiger charge is -2.63. The Balaban J connectivity index is 1.53. The Morgan fingerprint density at radius 2 is 1.60 bits per heavy atom. The number of ether oxygens (including phenoxy) is 2. The van der Waals surface area contributed by atoms with Gasteiger partial charge in [-0.25, -0.2) is 0 Å². The standard InChI is InChI=1S/C36H54O12/c1-31(2,45)12-11-23(39)36(8,46)28-19(38)14-33(5)22-10-9-17-18(35(22,7)24(40)15-34(28,33)6)13-20(29(44)32(17,3)4)47-30-27(43)26(42)25(41)21(16-37)48-30/h9,13,18-19,21-22,25-28,30,37-38,41-43,45-46H,10-12,14-16H2,1-8H3/t18-,19+,21+,22-,25+,26-,27+,28-,30+,33-,34+,35-,36-/m0/s1. The van der Waals surface area contributed by atoms with Gasteiger partial charge in [0.15, 0.2) is 11.5 Å². The molecule has 0 bridgehead atoms. The van der Waals surface area contributed by atoms with Crippen LogP contribution in [0.5, 0.6) is 0 Å². The van der Waals surface area contributed by atoms with E-state index in [2.05, 4.69) is 0 Å². The van der Waals surface area contributed by atoms with E-state index in [4.69, 9.17) is 9.47 Å². The highest BCUT2D eigenvalue weighted by Crippen LogP contribution is 2.74. The third-order valence-corrected chi connectivity index (χ3v) is 13.2. The number of rotatable bonds is 8. The first kappa shape index (κ1) is 37.2. The summed E-state index contributed by atoms with van der Waals surface area (Å²) in [4.78, 5) is 42.0. The van der Waals surface area contributed by atoms with Gasteiger partial charge >= 0.3 is 0 Å². The predicted octanol–water partition coefficient (Wildman–Crippen LogP) is 1.10. The summed E-state index contributed by atoms with van der Waals surface area (Å²) < 4.78 is 11.5. The number of carbonyl (C=O) groups excluding carboxylic acids is 3. The summed E-state index contributed by atoms with van der Waals surface area (Å²) in [5, 5.41) is 74.5. The maximum Gasteiger partial charge on any atom is 0.229 e. The van der Waals surface area contributed by atoms with E-state index < -0.39 is 99.7 Å². The van der Waals surface area contributed by atoms with Gasteiger partial charge in [-0.2, -0.15) is 0 Å². The van der Waals surface area contributed by atoms with Crippen LogP contribution in [0.4, 0.5) is 0 Å². The lowest BCUT2D eigenvalue weighted by molar-refractivity contribution is -0.291. The van der Waals surface area contributed by atoms with Gasteiger partial charge in [-0.1, -0.05) is 32.4 Å². The van der Waals surface area contributed by atoms with Crippen LogP contribution < -0.4 is 0 Å². The van der Waals surface area contributed by atoms with Crippen molar-refractivity contribution in [1.82, 2.24) is 0 Å². The fraction of sp³-hybridized carbons (Fsp3) is 0.806. The molecule has 7 N–H and O–H groups in total. The predicted molar refractivity (Wildman–Crippen MR) is 171 cm³/mol. The van der Waals surface area contributed by atoms with Gasteiger partial charge in [0.1, 0.15) is 35.8 Å². The van der Waals surface area contributed by atoms with Crippen LogP contribution in [-0.4, -0.2) is 108 Å². The molecule has 1 heterocycles. The second-order valence-corrected chi connectivity index (χ2v) is 17.1. The number of aliphatic hydroxyl groups is 7. The molecule has 0 aromatic heterocycles. The number of hydrogen-bond donors (Lipinski definition) is 7. The number of Topliss-reactive ketones (excluding diaryl/α,β-unsaturated/α-hetero) is 3. The van der Waals surface area contributed by atoms with Crippen LogP contribution in [0, 0.1) is 39.4 Å². The maximum atomic E-state index is 14.7. The topological polar surface area (TPSA) is 211 Å². The molecule has 0 spiro atoms. The second kappa shape index (κ2) is 11.8. The molecular weight excluding hydrogens is 624 g/mol. The van der Waals surface area contributed by atoms with Gasteiger partial charge in [-0.05, 0) is 76.7 Å². The molecule has 0 amide bonds. The van der Waals surface area contributed by atoms with Crippen LogP contribution in [0.15, 0.2) is 23.5 Å². The molecule has 0 aromatic rings. The molecule has 1 saturated heterocycles. The van der Waals surface area contributed by atoms with Gasteiger partial charge < -0.3 is 45.2 Å². The van der Waals surface area contributed by atoms with Crippen molar-refractivity contribution in [2.24, 2.45) is 39.4 Å². The van der Waals surface area contributed by atoms with Gasteiger partial charge in [0.25, 0.3) is 0 Å². The zero-order chi connectivity index (χ0) is 36.2. The zero-order valence-electron chi connectivity index (χ0n) is 29.3. The van der Waals surface area contributed by atoms with Crippen LogP contribution in [0.3, 0.4) is 0 Å². The van der Waals surface area contributed by atoms with Gasteiger partial charge in [-0.3, -0.25) is 14.4 Å². The minimum Gasteiger partial charge on any atom is -0.459 e.